The van der Waals surface area contributed by atoms with E-state index >= 15 is 0 Å². The molecule has 1 amide bonds. The van der Waals surface area contributed by atoms with Crippen LogP contribution in [0.1, 0.15) is 39.1 Å². The van der Waals surface area contributed by atoms with E-state index in [2.05, 4.69) is 10.1 Å². The van der Waals surface area contributed by atoms with E-state index in [9.17, 15) is 18.0 Å². The number of sulfonamides is 1. The van der Waals surface area contributed by atoms with Crippen LogP contribution in [0.2, 0.25) is 0 Å². The van der Waals surface area contributed by atoms with Crippen LogP contribution < -0.4 is 5.32 Å². The first-order valence-electron chi connectivity index (χ1n) is 8.97. The largest absolute Gasteiger partial charge is 0.465 e. The Morgan fingerprint density at radius 3 is 2.32 bits per heavy atom. The van der Waals surface area contributed by atoms with Gasteiger partial charge in [0.25, 0.3) is 5.91 Å². The number of rotatable bonds is 6. The van der Waals surface area contributed by atoms with Crippen LogP contribution in [-0.4, -0.2) is 44.8 Å². The predicted octanol–water partition coefficient (Wildman–Crippen LogP) is 2.19. The molecule has 0 spiro atoms. The van der Waals surface area contributed by atoms with E-state index in [1.165, 1.54) is 17.5 Å². The molecule has 148 valence electrons. The minimum Gasteiger partial charge on any atom is -0.465 e. The van der Waals surface area contributed by atoms with Gasteiger partial charge in [0.1, 0.15) is 0 Å². The lowest BCUT2D eigenvalue weighted by Gasteiger charge is -2.15. The Labute approximate surface area is 164 Å². The van der Waals surface area contributed by atoms with Gasteiger partial charge in [0.05, 0.1) is 17.6 Å². The highest BCUT2D eigenvalue weighted by Crippen LogP contribution is 2.21. The number of carbonyl (C=O) groups excluding carboxylic acids is 2. The summed E-state index contributed by atoms with van der Waals surface area (Å²) in [5.74, 6) is -0.844. The quantitative estimate of drug-likeness (QED) is 0.748. The van der Waals surface area contributed by atoms with Gasteiger partial charge >= 0.3 is 5.97 Å². The fourth-order valence-corrected chi connectivity index (χ4v) is 4.56. The van der Waals surface area contributed by atoms with E-state index in [4.69, 9.17) is 0 Å². The van der Waals surface area contributed by atoms with Crippen molar-refractivity contribution in [2.75, 3.05) is 20.2 Å². The lowest BCUT2D eigenvalue weighted by atomic mass is 10.1. The maximum Gasteiger partial charge on any atom is 0.337 e. The first-order chi connectivity index (χ1) is 13.4. The SMILES string of the molecule is COC(=O)c1cccc(C(=O)NCc2ccc(S(=O)(=O)N3CCCC3)cc2)c1. The summed E-state index contributed by atoms with van der Waals surface area (Å²) in [4.78, 5) is 24.1. The zero-order valence-corrected chi connectivity index (χ0v) is 16.4. The van der Waals surface area contributed by atoms with Crippen LogP contribution in [0.15, 0.2) is 53.4 Å². The smallest absolute Gasteiger partial charge is 0.337 e. The van der Waals surface area contributed by atoms with Crippen molar-refractivity contribution < 1.29 is 22.7 Å². The van der Waals surface area contributed by atoms with E-state index in [0.29, 0.717) is 24.2 Å². The Hall–Kier alpha value is -2.71. The van der Waals surface area contributed by atoms with Gasteiger partial charge in [0, 0.05) is 25.2 Å². The molecular weight excluding hydrogens is 380 g/mol. The van der Waals surface area contributed by atoms with E-state index in [0.717, 1.165) is 18.4 Å². The van der Waals surface area contributed by atoms with E-state index in [-0.39, 0.29) is 17.3 Å². The molecule has 2 aromatic rings. The summed E-state index contributed by atoms with van der Waals surface area (Å²) in [6.45, 7) is 1.36. The Morgan fingerprint density at radius 1 is 1.04 bits per heavy atom. The van der Waals surface area contributed by atoms with Gasteiger partial charge in [0.2, 0.25) is 10.0 Å². The Kier molecular flexibility index (Phi) is 6.11. The van der Waals surface area contributed by atoms with Crippen LogP contribution in [0, 0.1) is 0 Å². The molecule has 1 aliphatic rings. The summed E-state index contributed by atoms with van der Waals surface area (Å²) >= 11 is 0. The zero-order chi connectivity index (χ0) is 20.1. The Morgan fingerprint density at radius 2 is 1.68 bits per heavy atom. The normalized spacial score (nSPS) is 14.6. The summed E-state index contributed by atoms with van der Waals surface area (Å²) in [5.41, 5.74) is 1.42. The number of esters is 1. The number of amides is 1. The van der Waals surface area contributed by atoms with Crippen LogP contribution in [-0.2, 0) is 21.3 Å². The molecule has 1 heterocycles. The highest BCUT2D eigenvalue weighted by Gasteiger charge is 2.26. The summed E-state index contributed by atoms with van der Waals surface area (Å²) in [6.07, 6.45) is 1.78. The number of carbonyl (C=O) groups is 2. The van der Waals surface area contributed by atoms with Crippen LogP contribution >= 0.6 is 0 Å². The van der Waals surface area contributed by atoms with Crippen molar-refractivity contribution in [1.82, 2.24) is 9.62 Å². The molecule has 8 heteroatoms. The average molecular weight is 402 g/mol. The number of ether oxygens (including phenoxy) is 1. The summed E-state index contributed by atoms with van der Waals surface area (Å²) in [6, 6.07) is 12.8. The lowest BCUT2D eigenvalue weighted by molar-refractivity contribution is 0.0600. The molecule has 0 saturated carbocycles. The standard InChI is InChI=1S/C20H22N2O5S/c1-27-20(24)17-6-4-5-16(13-17)19(23)21-14-15-7-9-18(10-8-15)28(25,26)22-11-2-3-12-22/h4-10,13H,2-3,11-12,14H2,1H3,(H,21,23). The van der Waals surface area contributed by atoms with Crippen LogP contribution in [0.5, 0.6) is 0 Å². The molecule has 1 saturated heterocycles. The summed E-state index contributed by atoms with van der Waals surface area (Å²) in [7, 11) is -2.16. The summed E-state index contributed by atoms with van der Waals surface area (Å²) in [5, 5.41) is 2.76. The number of hydrogen-bond donors (Lipinski definition) is 1. The van der Waals surface area contributed by atoms with Crippen LogP contribution in [0.25, 0.3) is 0 Å². The minimum absolute atomic E-state index is 0.241. The van der Waals surface area contributed by atoms with E-state index in [1.54, 1.807) is 42.5 Å². The Balaban J connectivity index is 1.63. The number of nitrogens with zero attached hydrogens (tertiary/aromatic N) is 1. The molecule has 3 rings (SSSR count). The van der Waals surface area contributed by atoms with Crippen molar-refractivity contribution in [3.63, 3.8) is 0 Å². The highest BCUT2D eigenvalue weighted by atomic mass is 32.2. The van der Waals surface area contributed by atoms with Gasteiger partial charge in [-0.1, -0.05) is 18.2 Å². The van der Waals surface area contributed by atoms with Gasteiger partial charge in [-0.05, 0) is 48.7 Å². The molecule has 0 atom stereocenters. The lowest BCUT2D eigenvalue weighted by Crippen LogP contribution is -2.28. The van der Waals surface area contributed by atoms with Gasteiger partial charge in [0.15, 0.2) is 0 Å². The van der Waals surface area contributed by atoms with Gasteiger partial charge < -0.3 is 10.1 Å². The second-order valence-electron chi connectivity index (χ2n) is 6.51. The molecule has 7 nitrogen and oxygen atoms in total. The molecule has 0 aliphatic carbocycles. The van der Waals surface area contributed by atoms with Crippen molar-refractivity contribution in [2.45, 2.75) is 24.3 Å². The molecule has 0 radical (unpaired) electrons. The fraction of sp³-hybridized carbons (Fsp3) is 0.300. The van der Waals surface area contributed by atoms with E-state index in [1.807, 2.05) is 0 Å². The number of benzene rings is 2. The predicted molar refractivity (Wildman–Crippen MR) is 103 cm³/mol. The van der Waals surface area contributed by atoms with Crippen LogP contribution in [0.3, 0.4) is 0 Å². The molecule has 0 unspecified atom stereocenters. The monoisotopic (exact) mass is 402 g/mol. The van der Waals surface area contributed by atoms with Gasteiger partial charge in [-0.25, -0.2) is 13.2 Å². The van der Waals surface area contributed by atoms with Gasteiger partial charge in [-0.2, -0.15) is 4.31 Å². The molecule has 1 aliphatic heterocycles. The van der Waals surface area contributed by atoms with Crippen molar-refractivity contribution in [3.05, 3.63) is 65.2 Å². The zero-order valence-electron chi connectivity index (χ0n) is 15.6. The van der Waals surface area contributed by atoms with Crippen molar-refractivity contribution in [1.29, 1.82) is 0 Å². The molecule has 2 aromatic carbocycles. The van der Waals surface area contributed by atoms with Crippen LogP contribution in [0.4, 0.5) is 0 Å². The topological polar surface area (TPSA) is 92.8 Å². The third-order valence-electron chi connectivity index (χ3n) is 4.63. The maximum absolute atomic E-state index is 12.5. The second-order valence-corrected chi connectivity index (χ2v) is 8.45. The molecule has 1 fully saturated rings. The van der Waals surface area contributed by atoms with Crippen molar-refractivity contribution >= 4 is 21.9 Å². The Bertz CT molecular complexity index is 964. The van der Waals surface area contributed by atoms with E-state index < -0.39 is 16.0 Å². The third kappa shape index (κ3) is 4.40. The molecular formula is C20H22N2O5S. The molecule has 28 heavy (non-hydrogen) atoms. The number of nitrogens with one attached hydrogen (secondary N) is 1. The van der Waals surface area contributed by atoms with Gasteiger partial charge in [-0.3, -0.25) is 4.79 Å². The number of methoxy groups -OCH3 is 1. The molecule has 0 aromatic heterocycles. The third-order valence-corrected chi connectivity index (χ3v) is 6.54. The average Bonchev–Trinajstić information content (AvgIpc) is 3.27. The maximum atomic E-state index is 12.5. The second kappa shape index (κ2) is 8.53. The first-order valence-corrected chi connectivity index (χ1v) is 10.4. The van der Waals surface area contributed by atoms with Crippen molar-refractivity contribution in [3.8, 4) is 0 Å². The molecule has 1 N–H and O–H groups in total. The first kappa shape index (κ1) is 20.0. The molecule has 0 bridgehead atoms. The van der Waals surface area contributed by atoms with Crippen molar-refractivity contribution in [2.24, 2.45) is 0 Å². The highest BCUT2D eigenvalue weighted by molar-refractivity contribution is 7.89. The number of hydrogen-bond acceptors (Lipinski definition) is 5. The fourth-order valence-electron chi connectivity index (χ4n) is 3.05. The minimum atomic E-state index is -3.44. The van der Waals surface area contributed by atoms with Gasteiger partial charge in [-0.15, -0.1) is 0 Å². The summed E-state index contributed by atoms with van der Waals surface area (Å²) < 4.78 is 31.2.